The Morgan fingerprint density at radius 1 is 0.875 bits per heavy atom. The number of rotatable bonds is 9. The number of dihydropyridines is 1. The molecule has 0 bridgehead atoms. The normalized spacial score (nSPS) is 18.1. The number of carbonyl (C=O) groups excluding carboxylic acids is 2. The molecule has 1 aliphatic heterocycles. The average molecular weight is 538 g/mol. The molecule has 2 aliphatic rings. The smallest absolute Gasteiger partial charge is 0.336 e. The molecule has 1 aliphatic carbocycles. The van der Waals surface area contributed by atoms with Gasteiger partial charge in [0, 0.05) is 29.0 Å². The number of carbonyl (C=O) groups is 2. The summed E-state index contributed by atoms with van der Waals surface area (Å²) < 4.78 is 17.7. The monoisotopic (exact) mass is 537 g/mol. The first kappa shape index (κ1) is 27.3. The summed E-state index contributed by atoms with van der Waals surface area (Å²) in [5, 5.41) is 3.39. The number of hydrogen-bond acceptors (Lipinski definition) is 6. The van der Waals surface area contributed by atoms with Crippen molar-refractivity contribution >= 4 is 11.8 Å². The minimum atomic E-state index is -0.602. The Morgan fingerprint density at radius 3 is 2.30 bits per heavy atom. The van der Waals surface area contributed by atoms with Gasteiger partial charge in [-0.1, -0.05) is 80.6 Å². The van der Waals surface area contributed by atoms with E-state index in [2.05, 4.69) is 19.2 Å². The molecular formula is C34H35NO5. The second-order valence-electron chi connectivity index (χ2n) is 11.0. The van der Waals surface area contributed by atoms with Crippen LogP contribution in [0.5, 0.6) is 11.5 Å². The number of allylic oxidation sites excluding steroid dienone is 3. The Morgan fingerprint density at radius 2 is 1.55 bits per heavy atom. The third-order valence-corrected chi connectivity index (χ3v) is 7.26. The van der Waals surface area contributed by atoms with Gasteiger partial charge in [0.05, 0.1) is 11.5 Å². The van der Waals surface area contributed by atoms with Crippen molar-refractivity contribution < 1.29 is 23.8 Å². The van der Waals surface area contributed by atoms with E-state index in [0.717, 1.165) is 16.8 Å². The molecule has 6 heteroatoms. The van der Waals surface area contributed by atoms with Gasteiger partial charge in [-0.2, -0.15) is 0 Å². The largest absolute Gasteiger partial charge is 0.490 e. The Hall–Kier alpha value is -4.32. The van der Waals surface area contributed by atoms with Crippen molar-refractivity contribution in [2.24, 2.45) is 5.41 Å². The highest BCUT2D eigenvalue weighted by atomic mass is 16.6. The van der Waals surface area contributed by atoms with E-state index in [9.17, 15) is 9.59 Å². The summed E-state index contributed by atoms with van der Waals surface area (Å²) in [5.74, 6) is 0.295. The summed E-state index contributed by atoms with van der Waals surface area (Å²) in [6, 6.07) is 27.0. The molecule has 0 saturated carbocycles. The molecule has 1 atom stereocenters. The van der Waals surface area contributed by atoms with Gasteiger partial charge in [0.2, 0.25) is 0 Å². The molecule has 0 amide bonds. The molecule has 1 N–H and O–H groups in total. The molecule has 1 unspecified atom stereocenters. The Kier molecular flexibility index (Phi) is 8.06. The van der Waals surface area contributed by atoms with Gasteiger partial charge in [-0.15, -0.1) is 0 Å². The Bertz CT molecular complexity index is 1440. The molecule has 40 heavy (non-hydrogen) atoms. The lowest BCUT2D eigenvalue weighted by Crippen LogP contribution is -2.39. The maximum absolute atomic E-state index is 13.7. The first-order chi connectivity index (χ1) is 19.3. The van der Waals surface area contributed by atoms with Crippen molar-refractivity contribution in [1.29, 1.82) is 0 Å². The van der Waals surface area contributed by atoms with Gasteiger partial charge in [-0.05, 0) is 42.5 Å². The van der Waals surface area contributed by atoms with Gasteiger partial charge >= 0.3 is 5.97 Å². The molecule has 3 aromatic rings. The van der Waals surface area contributed by atoms with E-state index in [1.807, 2.05) is 91.9 Å². The van der Waals surface area contributed by atoms with E-state index < -0.39 is 11.9 Å². The molecule has 0 aromatic heterocycles. The quantitative estimate of drug-likeness (QED) is 0.248. The molecule has 0 saturated heterocycles. The fourth-order valence-electron chi connectivity index (χ4n) is 5.49. The minimum Gasteiger partial charge on any atom is -0.490 e. The van der Waals surface area contributed by atoms with Crippen LogP contribution in [0.4, 0.5) is 0 Å². The van der Waals surface area contributed by atoms with Crippen LogP contribution in [0.25, 0.3) is 0 Å². The maximum atomic E-state index is 13.7. The Labute approximate surface area is 235 Å². The number of ether oxygens (including phenoxy) is 3. The van der Waals surface area contributed by atoms with Gasteiger partial charge in [0.15, 0.2) is 5.78 Å². The second-order valence-corrected chi connectivity index (χ2v) is 11.0. The summed E-state index contributed by atoms with van der Waals surface area (Å²) in [4.78, 5) is 27.3. The number of benzene rings is 3. The van der Waals surface area contributed by atoms with Crippen molar-refractivity contribution in [3.05, 3.63) is 119 Å². The lowest BCUT2D eigenvalue weighted by Gasteiger charge is -2.39. The number of hydrogen-bond donors (Lipinski definition) is 1. The zero-order valence-corrected chi connectivity index (χ0v) is 23.2. The minimum absolute atomic E-state index is 0.0341. The molecule has 0 radical (unpaired) electrons. The van der Waals surface area contributed by atoms with E-state index >= 15 is 0 Å². The third-order valence-electron chi connectivity index (χ3n) is 7.26. The van der Waals surface area contributed by atoms with Gasteiger partial charge in [-0.3, -0.25) is 4.79 Å². The number of nitrogens with one attached hydrogen (secondary N) is 1. The third kappa shape index (κ3) is 6.12. The lowest BCUT2D eigenvalue weighted by atomic mass is 9.68. The first-order valence-electron chi connectivity index (χ1n) is 13.7. The molecule has 0 fully saturated rings. The molecular weight excluding hydrogens is 502 g/mol. The molecule has 5 rings (SSSR count). The fraction of sp³-hybridized carbons (Fsp3) is 0.294. The van der Waals surface area contributed by atoms with Crippen LogP contribution in [0.3, 0.4) is 0 Å². The highest BCUT2D eigenvalue weighted by molar-refractivity contribution is 6.04. The van der Waals surface area contributed by atoms with Crippen LogP contribution in [-0.2, 0) is 20.9 Å². The SMILES string of the molecule is CC1=C(C(=O)OCCOc2ccccc2)C(c2ccccc2OCc2ccccc2)C2=C(CC(C)(C)CC2=O)N1. The first-order valence-corrected chi connectivity index (χ1v) is 13.7. The van der Waals surface area contributed by atoms with Crippen LogP contribution >= 0.6 is 0 Å². The molecule has 0 spiro atoms. The number of Topliss-reactive ketones (excluding diaryl/α,β-unsaturated/α-hetero) is 1. The number of ketones is 1. The summed E-state index contributed by atoms with van der Waals surface area (Å²) >= 11 is 0. The number of para-hydroxylation sites is 2. The van der Waals surface area contributed by atoms with E-state index in [1.165, 1.54) is 0 Å². The van der Waals surface area contributed by atoms with Crippen molar-refractivity contribution in [2.75, 3.05) is 13.2 Å². The molecule has 1 heterocycles. The fourth-order valence-corrected chi connectivity index (χ4v) is 5.49. The van der Waals surface area contributed by atoms with Crippen LogP contribution in [0.2, 0.25) is 0 Å². The predicted molar refractivity (Wildman–Crippen MR) is 154 cm³/mol. The van der Waals surface area contributed by atoms with E-state index in [0.29, 0.717) is 47.8 Å². The summed E-state index contributed by atoms with van der Waals surface area (Å²) in [7, 11) is 0. The maximum Gasteiger partial charge on any atom is 0.336 e. The highest BCUT2D eigenvalue weighted by Crippen LogP contribution is 2.48. The zero-order valence-electron chi connectivity index (χ0n) is 23.2. The van der Waals surface area contributed by atoms with Crippen LogP contribution in [0, 0.1) is 5.41 Å². The lowest BCUT2D eigenvalue weighted by molar-refractivity contribution is -0.140. The van der Waals surface area contributed by atoms with Crippen molar-refractivity contribution in [3.8, 4) is 11.5 Å². The Balaban J connectivity index is 1.45. The van der Waals surface area contributed by atoms with Crippen LogP contribution in [0.15, 0.2) is 107 Å². The second kappa shape index (κ2) is 11.8. The summed E-state index contributed by atoms with van der Waals surface area (Å²) in [6.45, 7) is 6.73. The average Bonchev–Trinajstić information content (AvgIpc) is 2.94. The van der Waals surface area contributed by atoms with Gasteiger partial charge in [-0.25, -0.2) is 4.79 Å². The van der Waals surface area contributed by atoms with Crippen molar-refractivity contribution in [2.45, 2.75) is 46.1 Å². The molecule has 3 aromatic carbocycles. The van der Waals surface area contributed by atoms with Crippen LogP contribution < -0.4 is 14.8 Å². The molecule has 206 valence electrons. The van der Waals surface area contributed by atoms with Crippen molar-refractivity contribution in [3.63, 3.8) is 0 Å². The highest BCUT2D eigenvalue weighted by Gasteiger charge is 2.44. The van der Waals surface area contributed by atoms with E-state index in [4.69, 9.17) is 14.2 Å². The van der Waals surface area contributed by atoms with E-state index in [1.54, 1.807) is 0 Å². The van der Waals surface area contributed by atoms with Crippen LogP contribution in [0.1, 0.15) is 50.7 Å². The van der Waals surface area contributed by atoms with Gasteiger partial charge < -0.3 is 19.5 Å². The van der Waals surface area contributed by atoms with E-state index in [-0.39, 0.29) is 24.4 Å². The standard InChI is InChI=1S/C34H35NO5/c1-23-30(33(37)39-19-18-38-25-14-8-5-9-15-25)31(32-27(35-23)20-34(2,3)21-28(32)36)26-16-10-11-17-29(26)40-22-24-12-6-4-7-13-24/h4-17,31,35H,18-22H2,1-3H3. The van der Waals surface area contributed by atoms with Gasteiger partial charge in [0.25, 0.3) is 0 Å². The zero-order chi connectivity index (χ0) is 28.1. The summed E-state index contributed by atoms with van der Waals surface area (Å²) in [5.41, 5.74) is 4.21. The van der Waals surface area contributed by atoms with Crippen molar-refractivity contribution in [1.82, 2.24) is 5.32 Å². The summed E-state index contributed by atoms with van der Waals surface area (Å²) in [6.07, 6.45) is 1.12. The van der Waals surface area contributed by atoms with Gasteiger partial charge in [0.1, 0.15) is 31.3 Å². The molecule has 6 nitrogen and oxygen atoms in total. The number of esters is 1. The predicted octanol–water partition coefficient (Wildman–Crippen LogP) is 6.49. The topological polar surface area (TPSA) is 73.9 Å². The van der Waals surface area contributed by atoms with Crippen LogP contribution in [-0.4, -0.2) is 25.0 Å².